The number of hydrogen-bond acceptors (Lipinski definition) is 5. The molecule has 3 rings (SSSR count). The molecule has 1 aliphatic heterocycles. The normalized spacial score (nSPS) is 17.3. The molecule has 0 bridgehead atoms. The minimum absolute atomic E-state index is 0.0704. The van der Waals surface area contributed by atoms with Crippen LogP contribution in [0.5, 0.6) is 0 Å². The van der Waals surface area contributed by atoms with E-state index in [1.807, 2.05) is 7.05 Å². The zero-order valence-electron chi connectivity index (χ0n) is 14.5. The Kier molecular flexibility index (Phi) is 5.70. The van der Waals surface area contributed by atoms with E-state index in [-0.39, 0.29) is 28.8 Å². The third-order valence-electron chi connectivity index (χ3n) is 4.32. The summed E-state index contributed by atoms with van der Waals surface area (Å²) in [5.41, 5.74) is 0.284. The lowest BCUT2D eigenvalue weighted by atomic mass is 10.1. The first-order chi connectivity index (χ1) is 12.5. The predicted octanol–water partition coefficient (Wildman–Crippen LogP) is 0.665. The largest absolute Gasteiger partial charge is 0.381 e. The highest BCUT2D eigenvalue weighted by atomic mass is 32.2. The van der Waals surface area contributed by atoms with E-state index in [1.54, 1.807) is 29.1 Å². The fraction of sp³-hybridized carbons (Fsp3) is 0.412. The van der Waals surface area contributed by atoms with Crippen molar-refractivity contribution in [2.75, 3.05) is 19.8 Å². The number of rotatable bonds is 7. The third kappa shape index (κ3) is 4.48. The Morgan fingerprint density at radius 3 is 2.96 bits per heavy atom. The quantitative estimate of drug-likeness (QED) is 0.737. The summed E-state index contributed by atoms with van der Waals surface area (Å²) in [5.74, 6) is 0.547. The van der Waals surface area contributed by atoms with Gasteiger partial charge in [0.1, 0.15) is 5.82 Å². The van der Waals surface area contributed by atoms with Gasteiger partial charge in [-0.1, -0.05) is 6.07 Å². The molecule has 2 N–H and O–H groups in total. The number of hydrogen-bond donors (Lipinski definition) is 2. The zero-order valence-corrected chi connectivity index (χ0v) is 15.3. The SMILES string of the molecule is Cn1ccnc1CNC(=O)c1cccc(S(=O)(=O)NC[C@@H]2CCOC2)c1. The van der Waals surface area contributed by atoms with Gasteiger partial charge in [-0.05, 0) is 30.5 Å². The Balaban J connectivity index is 1.64. The van der Waals surface area contributed by atoms with Crippen molar-refractivity contribution in [1.82, 2.24) is 19.6 Å². The van der Waals surface area contributed by atoms with E-state index in [0.29, 0.717) is 25.6 Å². The Bertz CT molecular complexity index is 872. The molecule has 9 heteroatoms. The van der Waals surface area contributed by atoms with Crippen molar-refractivity contribution < 1.29 is 17.9 Å². The van der Waals surface area contributed by atoms with E-state index >= 15 is 0 Å². The van der Waals surface area contributed by atoms with Crippen molar-refractivity contribution in [2.24, 2.45) is 13.0 Å². The van der Waals surface area contributed by atoms with Gasteiger partial charge in [-0.15, -0.1) is 0 Å². The molecule has 1 aliphatic rings. The number of sulfonamides is 1. The van der Waals surface area contributed by atoms with Gasteiger partial charge in [-0.3, -0.25) is 4.79 Å². The Morgan fingerprint density at radius 1 is 1.42 bits per heavy atom. The van der Waals surface area contributed by atoms with Crippen LogP contribution in [0, 0.1) is 5.92 Å². The molecule has 0 saturated carbocycles. The van der Waals surface area contributed by atoms with Crippen molar-refractivity contribution in [3.05, 3.63) is 48.0 Å². The number of nitrogens with zero attached hydrogens (tertiary/aromatic N) is 2. The van der Waals surface area contributed by atoms with E-state index in [2.05, 4.69) is 15.0 Å². The number of benzene rings is 1. The van der Waals surface area contributed by atoms with Crippen LogP contribution in [0.1, 0.15) is 22.6 Å². The summed E-state index contributed by atoms with van der Waals surface area (Å²) in [5, 5.41) is 2.74. The van der Waals surface area contributed by atoms with E-state index in [0.717, 1.165) is 6.42 Å². The topological polar surface area (TPSA) is 102 Å². The van der Waals surface area contributed by atoms with Crippen molar-refractivity contribution in [3.8, 4) is 0 Å². The maximum atomic E-state index is 12.5. The van der Waals surface area contributed by atoms with Crippen LogP contribution >= 0.6 is 0 Å². The van der Waals surface area contributed by atoms with Crippen LogP contribution in [-0.2, 0) is 28.4 Å². The minimum atomic E-state index is -3.67. The molecule has 0 radical (unpaired) electrons. The number of nitrogens with one attached hydrogen (secondary N) is 2. The van der Waals surface area contributed by atoms with E-state index in [9.17, 15) is 13.2 Å². The number of carbonyl (C=O) groups excluding carboxylic acids is 1. The third-order valence-corrected chi connectivity index (χ3v) is 5.74. The summed E-state index contributed by atoms with van der Waals surface area (Å²) in [6, 6.07) is 5.99. The first kappa shape index (κ1) is 18.6. The minimum Gasteiger partial charge on any atom is -0.381 e. The van der Waals surface area contributed by atoms with Crippen LogP contribution in [0.15, 0.2) is 41.6 Å². The summed E-state index contributed by atoms with van der Waals surface area (Å²) < 4.78 is 34.6. The molecule has 1 aromatic carbocycles. The summed E-state index contributed by atoms with van der Waals surface area (Å²) in [4.78, 5) is 16.5. The number of ether oxygens (including phenoxy) is 1. The first-order valence-corrected chi connectivity index (χ1v) is 9.86. The molecule has 0 spiro atoms. The molecule has 2 heterocycles. The van der Waals surface area contributed by atoms with Gasteiger partial charge in [-0.2, -0.15) is 0 Å². The van der Waals surface area contributed by atoms with Crippen LogP contribution in [0.4, 0.5) is 0 Å². The molecular weight excluding hydrogens is 356 g/mol. The average molecular weight is 378 g/mol. The van der Waals surface area contributed by atoms with Gasteiger partial charge in [0.05, 0.1) is 18.0 Å². The maximum Gasteiger partial charge on any atom is 0.251 e. The lowest BCUT2D eigenvalue weighted by Gasteiger charge is -2.11. The standard InChI is InChI=1S/C17H22N4O4S/c1-21-7-6-18-16(21)11-19-17(22)14-3-2-4-15(9-14)26(23,24)20-10-13-5-8-25-12-13/h2-4,6-7,9,13,20H,5,8,10-12H2,1H3,(H,19,22)/t13-/m0/s1. The van der Waals surface area contributed by atoms with E-state index in [1.165, 1.54) is 12.1 Å². The van der Waals surface area contributed by atoms with Crippen molar-refractivity contribution >= 4 is 15.9 Å². The second-order valence-corrected chi connectivity index (χ2v) is 8.01. The molecule has 1 fully saturated rings. The highest BCUT2D eigenvalue weighted by Gasteiger charge is 2.21. The Hall–Kier alpha value is -2.23. The maximum absolute atomic E-state index is 12.5. The molecule has 1 saturated heterocycles. The highest BCUT2D eigenvalue weighted by Crippen LogP contribution is 2.15. The van der Waals surface area contributed by atoms with Gasteiger partial charge in [0.15, 0.2) is 0 Å². The smallest absolute Gasteiger partial charge is 0.251 e. The highest BCUT2D eigenvalue weighted by molar-refractivity contribution is 7.89. The molecule has 0 unspecified atom stereocenters. The molecule has 26 heavy (non-hydrogen) atoms. The number of amides is 1. The molecule has 2 aromatic rings. The number of aryl methyl sites for hydroxylation is 1. The second-order valence-electron chi connectivity index (χ2n) is 6.25. The second kappa shape index (κ2) is 7.98. The summed E-state index contributed by atoms with van der Waals surface area (Å²) in [6.45, 7) is 1.83. The molecule has 1 atom stereocenters. The summed E-state index contributed by atoms with van der Waals surface area (Å²) in [7, 11) is -1.83. The van der Waals surface area contributed by atoms with Crippen LogP contribution in [0.25, 0.3) is 0 Å². The van der Waals surface area contributed by atoms with Gasteiger partial charge >= 0.3 is 0 Å². The molecule has 8 nitrogen and oxygen atoms in total. The van der Waals surface area contributed by atoms with Crippen LogP contribution < -0.4 is 10.0 Å². The number of imidazole rings is 1. The zero-order chi connectivity index (χ0) is 18.6. The predicted molar refractivity (Wildman–Crippen MR) is 94.9 cm³/mol. The van der Waals surface area contributed by atoms with Gasteiger partial charge in [0, 0.05) is 38.2 Å². The van der Waals surface area contributed by atoms with Crippen LogP contribution in [0.3, 0.4) is 0 Å². The van der Waals surface area contributed by atoms with Gasteiger partial charge in [-0.25, -0.2) is 18.1 Å². The Labute approximate surface area is 152 Å². The number of carbonyl (C=O) groups is 1. The van der Waals surface area contributed by atoms with Crippen molar-refractivity contribution in [2.45, 2.75) is 17.9 Å². The van der Waals surface area contributed by atoms with Crippen LogP contribution in [0.2, 0.25) is 0 Å². The van der Waals surface area contributed by atoms with Gasteiger partial charge < -0.3 is 14.6 Å². The monoisotopic (exact) mass is 378 g/mol. The summed E-state index contributed by atoms with van der Waals surface area (Å²) >= 11 is 0. The van der Waals surface area contributed by atoms with Crippen molar-refractivity contribution in [1.29, 1.82) is 0 Å². The van der Waals surface area contributed by atoms with Gasteiger partial charge in [0.25, 0.3) is 5.91 Å². The molecule has 140 valence electrons. The molecule has 1 aromatic heterocycles. The first-order valence-electron chi connectivity index (χ1n) is 8.37. The lowest BCUT2D eigenvalue weighted by molar-refractivity contribution is 0.0949. The average Bonchev–Trinajstić information content (AvgIpc) is 3.30. The molecule has 0 aliphatic carbocycles. The van der Waals surface area contributed by atoms with E-state index < -0.39 is 10.0 Å². The Morgan fingerprint density at radius 2 is 2.27 bits per heavy atom. The molecular formula is C17H22N4O4S. The summed E-state index contributed by atoms with van der Waals surface area (Å²) in [6.07, 6.45) is 4.28. The molecule has 1 amide bonds. The van der Waals surface area contributed by atoms with Crippen LogP contribution in [-0.4, -0.2) is 43.6 Å². The van der Waals surface area contributed by atoms with Crippen molar-refractivity contribution in [3.63, 3.8) is 0 Å². The fourth-order valence-corrected chi connectivity index (χ4v) is 3.85. The fourth-order valence-electron chi connectivity index (χ4n) is 2.69. The van der Waals surface area contributed by atoms with E-state index in [4.69, 9.17) is 4.74 Å². The number of aromatic nitrogens is 2. The van der Waals surface area contributed by atoms with Gasteiger partial charge in [0.2, 0.25) is 10.0 Å². The lowest BCUT2D eigenvalue weighted by Crippen LogP contribution is -2.30.